The van der Waals surface area contributed by atoms with E-state index in [9.17, 15) is 9.59 Å². The molecule has 1 aliphatic rings. The van der Waals surface area contributed by atoms with Gasteiger partial charge in [0.25, 0.3) is 11.8 Å². The van der Waals surface area contributed by atoms with Crippen molar-refractivity contribution in [2.45, 2.75) is 0 Å². The van der Waals surface area contributed by atoms with Crippen molar-refractivity contribution in [3.05, 3.63) is 42.0 Å². The Morgan fingerprint density at radius 2 is 1.91 bits per heavy atom. The molecule has 0 aliphatic carbocycles. The smallest absolute Gasteiger partial charge is 0.263 e. The lowest BCUT2D eigenvalue weighted by molar-refractivity contribution is -0.123. The Hall–Kier alpha value is -2.67. The Balaban J connectivity index is 2.31. The molecule has 0 unspecified atom stereocenters. The van der Waals surface area contributed by atoms with E-state index in [0.717, 1.165) is 0 Å². The van der Waals surface area contributed by atoms with Gasteiger partial charge in [-0.2, -0.15) is 0 Å². The summed E-state index contributed by atoms with van der Waals surface area (Å²) in [5.41, 5.74) is 0.589. The van der Waals surface area contributed by atoms with Crippen molar-refractivity contribution in [2.24, 2.45) is 0 Å². The van der Waals surface area contributed by atoms with E-state index in [2.05, 4.69) is 17.2 Å². The van der Waals surface area contributed by atoms with Gasteiger partial charge >= 0.3 is 0 Å². The monoisotopic (exact) mass is 318 g/mol. The van der Waals surface area contributed by atoms with Crippen molar-refractivity contribution in [2.75, 3.05) is 13.7 Å². The van der Waals surface area contributed by atoms with E-state index < -0.39 is 11.8 Å². The van der Waals surface area contributed by atoms with Crippen LogP contribution >= 0.6 is 12.2 Å². The summed E-state index contributed by atoms with van der Waals surface area (Å²) >= 11 is 4.74. The van der Waals surface area contributed by atoms with Gasteiger partial charge in [0, 0.05) is 0 Å². The van der Waals surface area contributed by atoms with Crippen LogP contribution in [0.5, 0.6) is 11.5 Å². The largest absolute Gasteiger partial charge is 0.493 e. The molecule has 6 nitrogen and oxygen atoms in total. The molecule has 1 aliphatic heterocycles. The lowest BCUT2D eigenvalue weighted by Crippen LogP contribution is -2.51. The minimum Gasteiger partial charge on any atom is -0.493 e. The highest BCUT2D eigenvalue weighted by Crippen LogP contribution is 2.29. The molecule has 114 valence electrons. The van der Waals surface area contributed by atoms with Gasteiger partial charge in [0.15, 0.2) is 16.6 Å². The molecule has 1 saturated heterocycles. The number of rotatable bonds is 5. The predicted octanol–water partition coefficient (Wildman–Crippen LogP) is 1.17. The number of carbonyl (C=O) groups excluding carboxylic acids is 2. The van der Waals surface area contributed by atoms with Crippen molar-refractivity contribution in [1.82, 2.24) is 10.6 Å². The zero-order valence-corrected chi connectivity index (χ0v) is 12.7. The number of hydrogen-bond donors (Lipinski definition) is 2. The second kappa shape index (κ2) is 6.86. The topological polar surface area (TPSA) is 76.7 Å². The molecule has 0 radical (unpaired) electrons. The van der Waals surface area contributed by atoms with Crippen LogP contribution in [0, 0.1) is 0 Å². The number of ether oxygens (including phenoxy) is 2. The third-order valence-electron chi connectivity index (χ3n) is 2.80. The van der Waals surface area contributed by atoms with E-state index >= 15 is 0 Å². The number of amides is 2. The van der Waals surface area contributed by atoms with Gasteiger partial charge in [0.05, 0.1) is 7.11 Å². The molecule has 0 bridgehead atoms. The van der Waals surface area contributed by atoms with Gasteiger partial charge in [-0.25, -0.2) is 0 Å². The van der Waals surface area contributed by atoms with E-state index in [1.54, 1.807) is 24.3 Å². The molecule has 2 amide bonds. The third kappa shape index (κ3) is 3.50. The Kier molecular flexibility index (Phi) is 4.90. The molecule has 0 aromatic heterocycles. The van der Waals surface area contributed by atoms with E-state index in [0.29, 0.717) is 23.7 Å². The highest BCUT2D eigenvalue weighted by molar-refractivity contribution is 7.80. The first-order chi connectivity index (χ1) is 10.5. The van der Waals surface area contributed by atoms with Gasteiger partial charge in [-0.3, -0.25) is 20.2 Å². The SMILES string of the molecule is C=CCOc1ccc(C=C2C(=O)NC(=S)NC2=O)cc1OC. The quantitative estimate of drug-likeness (QED) is 0.369. The van der Waals surface area contributed by atoms with Gasteiger partial charge in [-0.15, -0.1) is 0 Å². The number of methoxy groups -OCH3 is 1. The summed E-state index contributed by atoms with van der Waals surface area (Å²) in [7, 11) is 1.51. The van der Waals surface area contributed by atoms with Gasteiger partial charge in [0.2, 0.25) is 0 Å². The average Bonchev–Trinajstić information content (AvgIpc) is 2.49. The van der Waals surface area contributed by atoms with Crippen molar-refractivity contribution in [3.8, 4) is 11.5 Å². The zero-order chi connectivity index (χ0) is 16.1. The van der Waals surface area contributed by atoms with Gasteiger partial charge in [0.1, 0.15) is 12.2 Å². The van der Waals surface area contributed by atoms with Crippen molar-refractivity contribution >= 4 is 35.2 Å². The number of carbonyl (C=O) groups is 2. The Bertz CT molecular complexity index is 660. The number of thiocarbonyl (C=S) groups is 1. The van der Waals surface area contributed by atoms with E-state index in [4.69, 9.17) is 21.7 Å². The van der Waals surface area contributed by atoms with Gasteiger partial charge in [-0.05, 0) is 36.0 Å². The third-order valence-corrected chi connectivity index (χ3v) is 3.00. The molecule has 1 aromatic rings. The van der Waals surface area contributed by atoms with Crippen molar-refractivity contribution in [1.29, 1.82) is 0 Å². The van der Waals surface area contributed by atoms with Crippen molar-refractivity contribution in [3.63, 3.8) is 0 Å². The minimum absolute atomic E-state index is 0.00194. The van der Waals surface area contributed by atoms with Crippen LogP contribution in [0.15, 0.2) is 36.4 Å². The Morgan fingerprint density at radius 3 is 2.50 bits per heavy atom. The summed E-state index contributed by atoms with van der Waals surface area (Å²) in [5.74, 6) is -0.0500. The number of benzene rings is 1. The fraction of sp³-hybridized carbons (Fsp3) is 0.133. The standard InChI is InChI=1S/C15H14N2O4S/c1-3-6-21-11-5-4-9(8-12(11)20-2)7-10-13(18)16-15(22)17-14(10)19/h3-5,7-8H,1,6H2,2H3,(H2,16,17,18,19,22). The molecule has 22 heavy (non-hydrogen) atoms. The second-order valence-electron chi connectivity index (χ2n) is 4.31. The summed E-state index contributed by atoms with van der Waals surface area (Å²) in [5, 5.41) is 4.74. The van der Waals surface area contributed by atoms with Crippen LogP contribution in [0.4, 0.5) is 0 Å². The van der Waals surface area contributed by atoms with E-state index in [-0.39, 0.29) is 10.7 Å². The molecule has 1 heterocycles. The molecule has 1 aromatic carbocycles. The summed E-state index contributed by atoms with van der Waals surface area (Å²) in [4.78, 5) is 23.6. The fourth-order valence-electron chi connectivity index (χ4n) is 1.81. The van der Waals surface area contributed by atoms with Crippen molar-refractivity contribution < 1.29 is 19.1 Å². The minimum atomic E-state index is -0.542. The van der Waals surface area contributed by atoms with E-state index in [1.807, 2.05) is 0 Å². The van der Waals surface area contributed by atoms with E-state index in [1.165, 1.54) is 13.2 Å². The molecule has 2 rings (SSSR count). The summed E-state index contributed by atoms with van der Waals surface area (Å²) in [6.45, 7) is 3.92. The molecule has 0 atom stereocenters. The molecule has 1 fully saturated rings. The molecule has 2 N–H and O–H groups in total. The Morgan fingerprint density at radius 1 is 1.23 bits per heavy atom. The van der Waals surface area contributed by atoms with Crippen LogP contribution in [0.3, 0.4) is 0 Å². The second-order valence-corrected chi connectivity index (χ2v) is 4.71. The van der Waals surface area contributed by atoms with Crippen LogP contribution in [-0.2, 0) is 9.59 Å². The Labute approximate surface area is 132 Å². The van der Waals surface area contributed by atoms with Gasteiger partial charge < -0.3 is 9.47 Å². The van der Waals surface area contributed by atoms with Crippen LogP contribution in [0.2, 0.25) is 0 Å². The van der Waals surface area contributed by atoms with Crippen LogP contribution < -0.4 is 20.1 Å². The van der Waals surface area contributed by atoms with Crippen LogP contribution in [0.1, 0.15) is 5.56 Å². The van der Waals surface area contributed by atoms with Gasteiger partial charge in [-0.1, -0.05) is 18.7 Å². The molecule has 7 heteroatoms. The lowest BCUT2D eigenvalue weighted by Gasteiger charge is -2.16. The van der Waals surface area contributed by atoms with Crippen LogP contribution in [-0.4, -0.2) is 30.6 Å². The maximum absolute atomic E-state index is 11.8. The first-order valence-electron chi connectivity index (χ1n) is 6.35. The highest BCUT2D eigenvalue weighted by Gasteiger charge is 2.25. The van der Waals surface area contributed by atoms with Crippen LogP contribution in [0.25, 0.3) is 6.08 Å². The summed E-state index contributed by atoms with van der Waals surface area (Å²) in [6, 6.07) is 5.07. The first kappa shape index (κ1) is 15.7. The molecular formula is C15H14N2O4S. The summed E-state index contributed by atoms with van der Waals surface area (Å²) in [6.07, 6.45) is 3.07. The number of nitrogens with one attached hydrogen (secondary N) is 2. The summed E-state index contributed by atoms with van der Waals surface area (Å²) < 4.78 is 10.7. The predicted molar refractivity (Wildman–Crippen MR) is 85.5 cm³/mol. The fourth-order valence-corrected chi connectivity index (χ4v) is 2.00. The number of hydrogen-bond acceptors (Lipinski definition) is 5. The lowest BCUT2D eigenvalue weighted by atomic mass is 10.1. The highest BCUT2D eigenvalue weighted by atomic mass is 32.1. The normalized spacial score (nSPS) is 14.0. The molecule has 0 saturated carbocycles. The maximum atomic E-state index is 11.8. The first-order valence-corrected chi connectivity index (χ1v) is 6.76. The average molecular weight is 318 g/mol. The zero-order valence-electron chi connectivity index (χ0n) is 11.8. The molecule has 0 spiro atoms. The molecular weight excluding hydrogens is 304 g/mol. The maximum Gasteiger partial charge on any atom is 0.263 e.